The third-order valence-corrected chi connectivity index (χ3v) is 4.46. The van der Waals surface area contributed by atoms with Gasteiger partial charge in [0.1, 0.15) is 5.60 Å². The second-order valence-corrected chi connectivity index (χ2v) is 8.73. The van der Waals surface area contributed by atoms with Gasteiger partial charge in [-0.3, -0.25) is 9.59 Å². The summed E-state index contributed by atoms with van der Waals surface area (Å²) in [5.74, 6) is -2.10. The van der Waals surface area contributed by atoms with Crippen molar-refractivity contribution in [2.45, 2.75) is 71.5 Å². The van der Waals surface area contributed by atoms with Crippen molar-refractivity contribution in [2.75, 3.05) is 6.54 Å². The maximum absolute atomic E-state index is 12.8. The number of fused-ring (bicyclic) bond motifs is 1. The quantitative estimate of drug-likeness (QED) is 0.437. The zero-order valence-electron chi connectivity index (χ0n) is 16.3. The number of aliphatic hydroxyl groups is 1. The van der Waals surface area contributed by atoms with Crippen LogP contribution in [0.1, 0.15) is 60.3 Å². The van der Waals surface area contributed by atoms with E-state index in [0.717, 1.165) is 17.7 Å². The predicted octanol–water partition coefficient (Wildman–Crippen LogP) is 1.71. The van der Waals surface area contributed by atoms with Crippen LogP contribution in [0.4, 0.5) is 0 Å². The van der Waals surface area contributed by atoms with Crippen LogP contribution >= 0.6 is 0 Å². The highest BCUT2D eigenvalue weighted by Gasteiger charge is 2.51. The first-order valence-corrected chi connectivity index (χ1v) is 9.18. The Labute approximate surface area is 154 Å². The number of likely N-dealkylation sites (tertiary alicyclic amines) is 1. The molecule has 26 heavy (non-hydrogen) atoms. The third-order valence-electron chi connectivity index (χ3n) is 4.46. The molecule has 0 radical (unpaired) electrons. The molecule has 2 atom stereocenters. The summed E-state index contributed by atoms with van der Waals surface area (Å²) in [7, 11) is 0. The Morgan fingerprint density at radius 1 is 1.15 bits per heavy atom. The van der Waals surface area contributed by atoms with Gasteiger partial charge in [0.2, 0.25) is 11.8 Å². The zero-order valence-corrected chi connectivity index (χ0v) is 16.3. The highest BCUT2D eigenvalue weighted by Crippen LogP contribution is 2.39. The topological polar surface area (TPSA) is 95.9 Å². The normalized spacial score (nSPS) is 24.5. The second kappa shape index (κ2) is 7.39. The van der Waals surface area contributed by atoms with E-state index >= 15 is 0 Å². The van der Waals surface area contributed by atoms with Crippen LogP contribution < -0.4 is 5.32 Å². The first-order chi connectivity index (χ1) is 11.9. The lowest BCUT2D eigenvalue weighted by Crippen LogP contribution is -2.39. The summed E-state index contributed by atoms with van der Waals surface area (Å²) in [6.45, 7) is 8.55. The predicted molar refractivity (Wildman–Crippen MR) is 95.5 cm³/mol. The van der Waals surface area contributed by atoms with Gasteiger partial charge in [0.25, 0.3) is 0 Å². The molecule has 2 N–H and O–H groups in total. The van der Waals surface area contributed by atoms with Crippen molar-refractivity contribution in [2.24, 2.45) is 11.8 Å². The number of ether oxygens (including phenoxy) is 1. The average molecular weight is 366 g/mol. The van der Waals surface area contributed by atoms with E-state index in [1.165, 1.54) is 6.20 Å². The standard InChI is InChI=1S/C19H30N2O5/c1-18(2,3)26-17(24)14(10-20-11-19(4,5)25)21-15(22)12-8-6-7-9-13(12)16(21)23/h10,12-13,20,25H,6-9,11H2,1-5H3/b14-10+/t12-,13+. The van der Waals surface area contributed by atoms with Crippen molar-refractivity contribution < 1.29 is 24.2 Å². The molecule has 0 aromatic rings. The van der Waals surface area contributed by atoms with Crippen LogP contribution in [0, 0.1) is 11.8 Å². The molecule has 1 saturated carbocycles. The van der Waals surface area contributed by atoms with Crippen molar-refractivity contribution in [3.63, 3.8) is 0 Å². The molecule has 0 spiro atoms. The lowest BCUT2D eigenvalue weighted by Gasteiger charge is -2.24. The van der Waals surface area contributed by atoms with Crippen LogP contribution in [0.2, 0.25) is 0 Å². The van der Waals surface area contributed by atoms with E-state index in [1.54, 1.807) is 34.6 Å². The van der Waals surface area contributed by atoms with E-state index in [9.17, 15) is 19.5 Å². The van der Waals surface area contributed by atoms with Gasteiger partial charge in [0, 0.05) is 12.7 Å². The third kappa shape index (κ3) is 4.84. The van der Waals surface area contributed by atoms with Gasteiger partial charge in [0.15, 0.2) is 5.70 Å². The number of hydrogen-bond donors (Lipinski definition) is 2. The number of nitrogens with zero attached hydrogens (tertiary/aromatic N) is 1. The average Bonchev–Trinajstić information content (AvgIpc) is 2.74. The SMILES string of the molecule is CC(C)(O)CN/C=C(\C(=O)OC(C)(C)C)N1C(=O)[C@H]2CCCC[C@H]2C1=O. The highest BCUT2D eigenvalue weighted by molar-refractivity contribution is 6.11. The largest absolute Gasteiger partial charge is 0.455 e. The Morgan fingerprint density at radius 3 is 2.08 bits per heavy atom. The fourth-order valence-electron chi connectivity index (χ4n) is 3.34. The van der Waals surface area contributed by atoms with Crippen molar-refractivity contribution in [1.82, 2.24) is 10.2 Å². The molecule has 2 fully saturated rings. The van der Waals surface area contributed by atoms with Gasteiger partial charge in [-0.05, 0) is 47.5 Å². The summed E-state index contributed by atoms with van der Waals surface area (Å²) in [6, 6.07) is 0. The molecule has 0 aromatic carbocycles. The number of amides is 2. The number of carbonyl (C=O) groups excluding carboxylic acids is 3. The Bertz CT molecular complexity index is 588. The molecule has 1 heterocycles. The van der Waals surface area contributed by atoms with Crippen LogP contribution in [-0.4, -0.2) is 45.5 Å². The lowest BCUT2D eigenvalue weighted by atomic mass is 9.81. The molecule has 0 unspecified atom stereocenters. The van der Waals surface area contributed by atoms with Gasteiger partial charge in [-0.1, -0.05) is 12.8 Å². The fraction of sp³-hybridized carbons (Fsp3) is 0.737. The zero-order chi connectivity index (χ0) is 19.7. The van der Waals surface area contributed by atoms with Gasteiger partial charge in [-0.2, -0.15) is 0 Å². The van der Waals surface area contributed by atoms with Crippen LogP contribution in [-0.2, 0) is 19.1 Å². The van der Waals surface area contributed by atoms with Crippen molar-refractivity contribution in [3.8, 4) is 0 Å². The number of rotatable bonds is 5. The summed E-state index contributed by atoms with van der Waals surface area (Å²) in [6.07, 6.45) is 4.47. The highest BCUT2D eigenvalue weighted by atomic mass is 16.6. The molecular formula is C19H30N2O5. The van der Waals surface area contributed by atoms with Crippen LogP contribution in [0.25, 0.3) is 0 Å². The van der Waals surface area contributed by atoms with Gasteiger partial charge in [0.05, 0.1) is 17.4 Å². The number of nitrogens with one attached hydrogen (secondary N) is 1. The molecule has 1 aliphatic heterocycles. The molecule has 2 rings (SSSR count). The van der Waals surface area contributed by atoms with Crippen molar-refractivity contribution >= 4 is 17.8 Å². The summed E-state index contributed by atoms with van der Waals surface area (Å²) in [5, 5.41) is 12.7. The van der Waals surface area contributed by atoms with Crippen molar-refractivity contribution in [3.05, 3.63) is 11.9 Å². The molecule has 7 heteroatoms. The maximum Gasteiger partial charge on any atom is 0.357 e. The van der Waals surface area contributed by atoms with Gasteiger partial charge in [-0.25, -0.2) is 9.69 Å². The fourth-order valence-corrected chi connectivity index (χ4v) is 3.34. The molecule has 146 valence electrons. The first-order valence-electron chi connectivity index (χ1n) is 9.18. The molecule has 1 saturated heterocycles. The van der Waals surface area contributed by atoms with Gasteiger partial charge < -0.3 is 15.2 Å². The number of esters is 1. The molecule has 2 amide bonds. The number of hydrogen-bond acceptors (Lipinski definition) is 6. The number of imide groups is 1. The van der Waals surface area contributed by atoms with Crippen LogP contribution in [0.15, 0.2) is 11.9 Å². The Hall–Kier alpha value is -1.89. The summed E-state index contributed by atoms with van der Waals surface area (Å²) >= 11 is 0. The summed E-state index contributed by atoms with van der Waals surface area (Å²) in [4.78, 5) is 39.2. The molecule has 7 nitrogen and oxygen atoms in total. The van der Waals surface area contributed by atoms with Crippen LogP contribution in [0.3, 0.4) is 0 Å². The monoisotopic (exact) mass is 366 g/mol. The molecule has 0 aromatic heterocycles. The second-order valence-electron chi connectivity index (χ2n) is 8.73. The molecule has 0 bridgehead atoms. The first kappa shape index (κ1) is 20.4. The maximum atomic E-state index is 12.8. The van der Waals surface area contributed by atoms with E-state index in [0.29, 0.717) is 12.8 Å². The van der Waals surface area contributed by atoms with Gasteiger partial charge >= 0.3 is 5.97 Å². The Balaban J connectivity index is 2.30. The van der Waals surface area contributed by atoms with E-state index in [-0.39, 0.29) is 35.9 Å². The van der Waals surface area contributed by atoms with Gasteiger partial charge in [-0.15, -0.1) is 0 Å². The lowest BCUT2D eigenvalue weighted by molar-refractivity contribution is -0.156. The van der Waals surface area contributed by atoms with E-state index in [2.05, 4.69) is 5.32 Å². The minimum absolute atomic E-state index is 0.117. The van der Waals surface area contributed by atoms with E-state index in [1.807, 2.05) is 0 Å². The summed E-state index contributed by atoms with van der Waals surface area (Å²) < 4.78 is 5.39. The summed E-state index contributed by atoms with van der Waals surface area (Å²) in [5.41, 5.74) is -1.89. The van der Waals surface area contributed by atoms with Crippen LogP contribution in [0.5, 0.6) is 0 Å². The Kier molecular flexibility index (Phi) is 5.80. The number of carbonyl (C=O) groups is 3. The van der Waals surface area contributed by atoms with Crippen molar-refractivity contribution in [1.29, 1.82) is 0 Å². The molecular weight excluding hydrogens is 336 g/mol. The smallest absolute Gasteiger partial charge is 0.357 e. The Morgan fingerprint density at radius 2 is 1.65 bits per heavy atom. The minimum Gasteiger partial charge on any atom is -0.455 e. The minimum atomic E-state index is -1.01. The molecule has 2 aliphatic rings. The molecule has 1 aliphatic carbocycles. The van der Waals surface area contributed by atoms with E-state index in [4.69, 9.17) is 4.74 Å². The van der Waals surface area contributed by atoms with E-state index < -0.39 is 17.2 Å².